The zero-order valence-electron chi connectivity index (χ0n) is 8.41. The van der Waals surface area contributed by atoms with Crippen LogP contribution in [-0.4, -0.2) is 35.7 Å². The second kappa shape index (κ2) is 6.17. The van der Waals surface area contributed by atoms with E-state index in [1.165, 1.54) is 32.4 Å². The van der Waals surface area contributed by atoms with Gasteiger partial charge in [-0.1, -0.05) is 12.5 Å². The summed E-state index contributed by atoms with van der Waals surface area (Å²) in [7, 11) is 0. The first-order valence-corrected chi connectivity index (χ1v) is 5.34. The zero-order valence-corrected chi connectivity index (χ0v) is 8.41. The Kier molecular flexibility index (Phi) is 5.09. The number of likely N-dealkylation sites (tertiary alicyclic amines) is 1. The molecule has 1 N–H and O–H groups in total. The third-order valence-corrected chi connectivity index (χ3v) is 2.62. The zero-order chi connectivity index (χ0) is 9.52. The average molecular weight is 183 g/mol. The van der Waals surface area contributed by atoms with Crippen LogP contribution in [0.2, 0.25) is 0 Å². The van der Waals surface area contributed by atoms with Crippen molar-refractivity contribution in [1.29, 1.82) is 0 Å². The van der Waals surface area contributed by atoms with Crippen molar-refractivity contribution < 1.29 is 5.11 Å². The fraction of sp³-hybridized carbons (Fsp3) is 0.818. The van der Waals surface area contributed by atoms with Crippen molar-refractivity contribution >= 4 is 0 Å². The first-order valence-electron chi connectivity index (χ1n) is 5.34. The molecule has 0 aromatic carbocycles. The summed E-state index contributed by atoms with van der Waals surface area (Å²) < 4.78 is 0. The van der Waals surface area contributed by atoms with Crippen LogP contribution in [0.5, 0.6) is 0 Å². The predicted octanol–water partition coefficient (Wildman–Crippen LogP) is 1.80. The van der Waals surface area contributed by atoms with Crippen LogP contribution < -0.4 is 0 Å². The van der Waals surface area contributed by atoms with Gasteiger partial charge in [0.15, 0.2) is 0 Å². The second-order valence-corrected chi connectivity index (χ2v) is 3.88. The molecular weight excluding hydrogens is 162 g/mol. The van der Waals surface area contributed by atoms with E-state index in [9.17, 15) is 5.11 Å². The molecule has 2 heteroatoms. The van der Waals surface area contributed by atoms with Gasteiger partial charge in [0.05, 0.1) is 6.10 Å². The van der Waals surface area contributed by atoms with Gasteiger partial charge < -0.3 is 10.0 Å². The van der Waals surface area contributed by atoms with Gasteiger partial charge in [-0.25, -0.2) is 0 Å². The van der Waals surface area contributed by atoms with Crippen LogP contribution in [-0.2, 0) is 0 Å². The van der Waals surface area contributed by atoms with Crippen molar-refractivity contribution in [2.75, 3.05) is 19.6 Å². The third-order valence-electron chi connectivity index (χ3n) is 2.62. The Labute approximate surface area is 81.2 Å². The van der Waals surface area contributed by atoms with E-state index in [4.69, 9.17) is 0 Å². The van der Waals surface area contributed by atoms with E-state index >= 15 is 0 Å². The fourth-order valence-corrected chi connectivity index (χ4v) is 1.84. The quantitative estimate of drug-likeness (QED) is 0.657. The number of piperidine rings is 1. The van der Waals surface area contributed by atoms with Gasteiger partial charge in [0, 0.05) is 6.54 Å². The Bertz CT molecular complexity index is 141. The summed E-state index contributed by atoms with van der Waals surface area (Å²) in [5.74, 6) is 0. The summed E-state index contributed by atoms with van der Waals surface area (Å²) in [5, 5.41) is 9.64. The highest BCUT2D eigenvalue weighted by Crippen LogP contribution is 2.10. The van der Waals surface area contributed by atoms with E-state index in [2.05, 4.69) is 11.5 Å². The normalized spacial score (nSPS) is 21.3. The molecule has 0 aromatic rings. The molecule has 0 radical (unpaired) electrons. The molecule has 1 saturated heterocycles. The molecule has 0 aromatic heterocycles. The van der Waals surface area contributed by atoms with Crippen molar-refractivity contribution in [2.45, 2.75) is 38.2 Å². The van der Waals surface area contributed by atoms with Gasteiger partial charge >= 0.3 is 0 Å². The smallest absolute Gasteiger partial charge is 0.0670 e. The summed E-state index contributed by atoms with van der Waals surface area (Å²) in [6.07, 6.45) is 7.46. The van der Waals surface area contributed by atoms with Crippen molar-refractivity contribution in [3.63, 3.8) is 0 Å². The number of β-amino-alcohol motifs (C(OH)–C–C–N with tert-alkyl or cyclic N) is 1. The molecule has 1 aliphatic rings. The molecule has 1 fully saturated rings. The van der Waals surface area contributed by atoms with Gasteiger partial charge in [-0.3, -0.25) is 0 Å². The van der Waals surface area contributed by atoms with E-state index in [1.807, 2.05) is 6.08 Å². The van der Waals surface area contributed by atoms with E-state index in [0.717, 1.165) is 19.4 Å². The molecule has 2 nitrogen and oxygen atoms in total. The highest BCUT2D eigenvalue weighted by Gasteiger charge is 2.13. The molecule has 0 bridgehead atoms. The van der Waals surface area contributed by atoms with Gasteiger partial charge in [-0.05, 0) is 38.8 Å². The number of hydrogen-bond donors (Lipinski definition) is 1. The first kappa shape index (κ1) is 10.7. The van der Waals surface area contributed by atoms with Crippen molar-refractivity contribution in [3.05, 3.63) is 12.7 Å². The molecule has 1 heterocycles. The summed E-state index contributed by atoms with van der Waals surface area (Å²) in [5.41, 5.74) is 0. The van der Waals surface area contributed by atoms with E-state index in [0.29, 0.717) is 0 Å². The second-order valence-electron chi connectivity index (χ2n) is 3.88. The Morgan fingerprint density at radius 2 is 2.00 bits per heavy atom. The van der Waals surface area contributed by atoms with Gasteiger partial charge in [0.25, 0.3) is 0 Å². The van der Waals surface area contributed by atoms with Crippen molar-refractivity contribution in [3.8, 4) is 0 Å². The molecule has 0 spiro atoms. The monoisotopic (exact) mass is 183 g/mol. The van der Waals surface area contributed by atoms with Gasteiger partial charge in [-0.15, -0.1) is 6.58 Å². The molecule has 1 aliphatic heterocycles. The standard InChI is InChI=1S/C11H21NO/c1-2-3-7-11(13)10-12-8-5-4-6-9-12/h2,11,13H,1,3-10H2. The maximum absolute atomic E-state index is 9.64. The molecule has 0 aliphatic carbocycles. The minimum Gasteiger partial charge on any atom is -0.392 e. The Balaban J connectivity index is 2.10. The number of aliphatic hydroxyl groups is 1. The summed E-state index contributed by atoms with van der Waals surface area (Å²) in [4.78, 5) is 2.37. The van der Waals surface area contributed by atoms with E-state index in [-0.39, 0.29) is 6.10 Å². The SMILES string of the molecule is C=CCCC(O)CN1CCCCC1. The first-order chi connectivity index (χ1) is 6.33. The van der Waals surface area contributed by atoms with Crippen molar-refractivity contribution in [1.82, 2.24) is 4.90 Å². The molecule has 13 heavy (non-hydrogen) atoms. The summed E-state index contributed by atoms with van der Waals surface area (Å²) in [6, 6.07) is 0. The van der Waals surface area contributed by atoms with E-state index in [1.54, 1.807) is 0 Å². The van der Waals surface area contributed by atoms with Gasteiger partial charge in [0.2, 0.25) is 0 Å². The Hall–Kier alpha value is -0.340. The summed E-state index contributed by atoms with van der Waals surface area (Å²) in [6.45, 7) is 6.85. The van der Waals surface area contributed by atoms with Crippen LogP contribution in [0.25, 0.3) is 0 Å². The van der Waals surface area contributed by atoms with Crippen LogP contribution in [0, 0.1) is 0 Å². The maximum Gasteiger partial charge on any atom is 0.0670 e. The van der Waals surface area contributed by atoms with Crippen LogP contribution in [0.3, 0.4) is 0 Å². The maximum atomic E-state index is 9.64. The number of hydrogen-bond acceptors (Lipinski definition) is 2. The highest BCUT2D eigenvalue weighted by atomic mass is 16.3. The predicted molar refractivity (Wildman–Crippen MR) is 55.7 cm³/mol. The lowest BCUT2D eigenvalue weighted by Gasteiger charge is -2.28. The number of aliphatic hydroxyl groups excluding tert-OH is 1. The fourth-order valence-electron chi connectivity index (χ4n) is 1.84. The lowest BCUT2D eigenvalue weighted by molar-refractivity contribution is 0.0955. The van der Waals surface area contributed by atoms with Crippen LogP contribution in [0.1, 0.15) is 32.1 Å². The number of allylic oxidation sites excluding steroid dienone is 1. The van der Waals surface area contributed by atoms with Crippen LogP contribution >= 0.6 is 0 Å². The minimum absolute atomic E-state index is 0.156. The van der Waals surface area contributed by atoms with Gasteiger partial charge in [-0.2, -0.15) is 0 Å². The molecule has 0 amide bonds. The van der Waals surface area contributed by atoms with Crippen LogP contribution in [0.4, 0.5) is 0 Å². The lowest BCUT2D eigenvalue weighted by Crippen LogP contribution is -2.36. The van der Waals surface area contributed by atoms with E-state index < -0.39 is 0 Å². The molecule has 1 atom stereocenters. The average Bonchev–Trinajstić information content (AvgIpc) is 2.16. The molecule has 76 valence electrons. The summed E-state index contributed by atoms with van der Waals surface area (Å²) >= 11 is 0. The molecular formula is C11H21NO. The van der Waals surface area contributed by atoms with Crippen molar-refractivity contribution in [2.24, 2.45) is 0 Å². The number of nitrogens with zero attached hydrogens (tertiary/aromatic N) is 1. The topological polar surface area (TPSA) is 23.5 Å². The molecule has 1 unspecified atom stereocenters. The molecule has 1 rings (SSSR count). The Morgan fingerprint density at radius 3 is 2.62 bits per heavy atom. The van der Waals surface area contributed by atoms with Crippen LogP contribution in [0.15, 0.2) is 12.7 Å². The lowest BCUT2D eigenvalue weighted by atomic mass is 10.1. The molecule has 0 saturated carbocycles. The minimum atomic E-state index is -0.156. The highest BCUT2D eigenvalue weighted by molar-refractivity contribution is 4.73. The van der Waals surface area contributed by atoms with Gasteiger partial charge in [0.1, 0.15) is 0 Å². The largest absolute Gasteiger partial charge is 0.392 e. The Morgan fingerprint density at radius 1 is 1.31 bits per heavy atom. The number of rotatable bonds is 5. The third kappa shape index (κ3) is 4.44.